The van der Waals surface area contributed by atoms with Crippen LogP contribution in [0.3, 0.4) is 0 Å². The van der Waals surface area contributed by atoms with Gasteiger partial charge in [-0.15, -0.1) is 0 Å². The summed E-state index contributed by atoms with van der Waals surface area (Å²) >= 11 is 0. The van der Waals surface area contributed by atoms with E-state index in [1.54, 1.807) is 11.0 Å². The molecule has 178 valence electrons. The Morgan fingerprint density at radius 1 is 0.971 bits per heavy atom. The van der Waals surface area contributed by atoms with Crippen LogP contribution in [0, 0.1) is 6.92 Å². The normalized spacial score (nSPS) is 15.0. The fraction of sp³-hybridized carbons (Fsp3) is 0.267. The SMILES string of the molecule is CCCCOc1ccc(C2c3c(oc4ccc(C)cc4c3=O)C(=O)N2CCc2ccccc2)cc1. The van der Waals surface area contributed by atoms with Gasteiger partial charge in [0.2, 0.25) is 5.76 Å². The summed E-state index contributed by atoms with van der Waals surface area (Å²) in [5.41, 5.74) is 3.69. The average Bonchev–Trinajstić information content (AvgIpc) is 3.16. The molecule has 0 saturated carbocycles. The van der Waals surface area contributed by atoms with Gasteiger partial charge < -0.3 is 14.1 Å². The molecule has 1 amide bonds. The highest BCUT2D eigenvalue weighted by Gasteiger charge is 2.42. The fourth-order valence-electron chi connectivity index (χ4n) is 4.69. The van der Waals surface area contributed by atoms with Gasteiger partial charge in [0, 0.05) is 6.54 Å². The van der Waals surface area contributed by atoms with Gasteiger partial charge in [0.15, 0.2) is 5.43 Å². The first kappa shape index (κ1) is 22.9. The van der Waals surface area contributed by atoms with Crippen molar-refractivity contribution in [2.45, 2.75) is 39.2 Å². The molecule has 1 aliphatic heterocycles. The van der Waals surface area contributed by atoms with Crippen molar-refractivity contribution in [3.63, 3.8) is 0 Å². The van der Waals surface area contributed by atoms with Gasteiger partial charge in [-0.3, -0.25) is 9.59 Å². The lowest BCUT2D eigenvalue weighted by molar-refractivity contribution is 0.0730. The number of carbonyl (C=O) groups is 1. The van der Waals surface area contributed by atoms with Crippen molar-refractivity contribution in [2.75, 3.05) is 13.2 Å². The van der Waals surface area contributed by atoms with Crippen molar-refractivity contribution < 1.29 is 13.9 Å². The zero-order valence-electron chi connectivity index (χ0n) is 20.1. The highest BCUT2D eigenvalue weighted by molar-refractivity contribution is 5.99. The lowest BCUT2D eigenvalue weighted by Crippen LogP contribution is -2.31. The van der Waals surface area contributed by atoms with E-state index in [1.165, 1.54) is 0 Å². The van der Waals surface area contributed by atoms with Crippen molar-refractivity contribution in [1.29, 1.82) is 0 Å². The van der Waals surface area contributed by atoms with Gasteiger partial charge in [-0.05, 0) is 55.2 Å². The molecule has 0 bridgehead atoms. The number of rotatable bonds is 8. The zero-order valence-corrected chi connectivity index (χ0v) is 20.1. The van der Waals surface area contributed by atoms with Gasteiger partial charge in [-0.2, -0.15) is 0 Å². The molecule has 4 aromatic rings. The van der Waals surface area contributed by atoms with Crippen molar-refractivity contribution >= 4 is 16.9 Å². The predicted octanol–water partition coefficient (Wildman–Crippen LogP) is 6.07. The summed E-state index contributed by atoms with van der Waals surface area (Å²) in [6, 6.07) is 22.8. The summed E-state index contributed by atoms with van der Waals surface area (Å²) in [5, 5.41) is 0.506. The Bertz CT molecular complexity index is 1410. The summed E-state index contributed by atoms with van der Waals surface area (Å²) in [5.74, 6) is 0.681. The number of unbranched alkanes of at least 4 members (excludes halogenated alkanes) is 1. The standard InChI is InChI=1S/C30H29NO4/c1-3-4-18-34-23-13-11-22(12-14-23)27-26-28(32)24-19-20(2)10-15-25(24)35-29(26)30(33)31(27)17-16-21-8-6-5-7-9-21/h5-15,19,27H,3-4,16-18H2,1-2H3. The smallest absolute Gasteiger partial charge is 0.290 e. The Morgan fingerprint density at radius 3 is 2.49 bits per heavy atom. The summed E-state index contributed by atoms with van der Waals surface area (Å²) in [6.07, 6.45) is 2.74. The molecule has 0 aliphatic carbocycles. The van der Waals surface area contributed by atoms with Gasteiger partial charge in [-0.1, -0.05) is 67.4 Å². The first-order chi connectivity index (χ1) is 17.1. The Hall–Kier alpha value is -3.86. The number of hydrogen-bond acceptors (Lipinski definition) is 4. The molecule has 35 heavy (non-hydrogen) atoms. The number of nitrogens with zero attached hydrogens (tertiary/aromatic N) is 1. The first-order valence-corrected chi connectivity index (χ1v) is 12.2. The van der Waals surface area contributed by atoms with Crippen molar-refractivity contribution in [1.82, 2.24) is 4.90 Å². The monoisotopic (exact) mass is 467 g/mol. The second kappa shape index (κ2) is 9.79. The molecule has 0 saturated heterocycles. The third-order valence-corrected chi connectivity index (χ3v) is 6.57. The van der Waals surface area contributed by atoms with E-state index in [2.05, 4.69) is 6.92 Å². The lowest BCUT2D eigenvalue weighted by Gasteiger charge is -2.25. The van der Waals surface area contributed by atoms with Crippen molar-refractivity contribution in [3.8, 4) is 5.75 Å². The van der Waals surface area contributed by atoms with Gasteiger partial charge in [0.1, 0.15) is 11.3 Å². The van der Waals surface area contributed by atoms with Gasteiger partial charge in [0.25, 0.3) is 5.91 Å². The summed E-state index contributed by atoms with van der Waals surface area (Å²) in [7, 11) is 0. The maximum Gasteiger partial charge on any atom is 0.290 e. The molecule has 0 N–H and O–H groups in total. The zero-order chi connectivity index (χ0) is 24.4. The molecule has 5 rings (SSSR count). The topological polar surface area (TPSA) is 59.8 Å². The van der Waals surface area contributed by atoms with E-state index in [9.17, 15) is 9.59 Å². The van der Waals surface area contributed by atoms with Gasteiger partial charge in [-0.25, -0.2) is 0 Å². The number of ether oxygens (including phenoxy) is 1. The maximum atomic E-state index is 13.7. The Kier molecular flexibility index (Phi) is 6.41. The number of benzene rings is 3. The number of amides is 1. The van der Waals surface area contributed by atoms with Crippen LogP contribution in [-0.4, -0.2) is 24.0 Å². The van der Waals surface area contributed by atoms with Crippen LogP contribution in [0.15, 0.2) is 82.0 Å². The van der Waals surface area contributed by atoms with E-state index in [0.717, 1.165) is 35.3 Å². The van der Waals surface area contributed by atoms with Crippen LogP contribution in [-0.2, 0) is 6.42 Å². The average molecular weight is 468 g/mol. The number of carbonyl (C=O) groups excluding carboxylic acids is 1. The largest absolute Gasteiger partial charge is 0.494 e. The van der Waals surface area contributed by atoms with Gasteiger partial charge >= 0.3 is 0 Å². The maximum absolute atomic E-state index is 13.7. The number of fused-ring (bicyclic) bond motifs is 2. The molecule has 1 aromatic heterocycles. The molecular formula is C30H29NO4. The van der Waals surface area contributed by atoms with Crippen molar-refractivity contribution in [2.24, 2.45) is 0 Å². The minimum atomic E-state index is -0.507. The second-order valence-corrected chi connectivity index (χ2v) is 9.08. The predicted molar refractivity (Wildman–Crippen MR) is 137 cm³/mol. The highest BCUT2D eigenvalue weighted by atomic mass is 16.5. The van der Waals surface area contributed by atoms with E-state index in [0.29, 0.717) is 36.1 Å². The number of hydrogen-bond donors (Lipinski definition) is 0. The van der Waals surface area contributed by atoms with Crippen LogP contribution in [0.2, 0.25) is 0 Å². The molecule has 3 aromatic carbocycles. The summed E-state index contributed by atoms with van der Waals surface area (Å²) in [4.78, 5) is 29.0. The van der Waals surface area contributed by atoms with Gasteiger partial charge in [0.05, 0.1) is 23.6 Å². The van der Waals surface area contributed by atoms with Crippen LogP contribution >= 0.6 is 0 Å². The van der Waals surface area contributed by atoms with Crippen LogP contribution in [0.4, 0.5) is 0 Å². The minimum absolute atomic E-state index is 0.145. The third kappa shape index (κ3) is 4.46. The molecule has 2 heterocycles. The van der Waals surface area contributed by atoms with E-state index < -0.39 is 6.04 Å². The molecular weight excluding hydrogens is 438 g/mol. The quantitative estimate of drug-likeness (QED) is 0.295. The van der Waals surface area contributed by atoms with Crippen LogP contribution in [0.1, 0.15) is 58.6 Å². The highest BCUT2D eigenvalue weighted by Crippen LogP contribution is 2.38. The van der Waals surface area contributed by atoms with E-state index >= 15 is 0 Å². The first-order valence-electron chi connectivity index (χ1n) is 12.2. The van der Waals surface area contributed by atoms with E-state index in [1.807, 2.05) is 73.7 Å². The Labute approximate surface area is 205 Å². The molecule has 1 aliphatic rings. The Balaban J connectivity index is 1.56. The Morgan fingerprint density at radius 2 is 1.74 bits per heavy atom. The van der Waals surface area contributed by atoms with E-state index in [4.69, 9.17) is 9.15 Å². The molecule has 5 nitrogen and oxygen atoms in total. The molecule has 0 spiro atoms. The van der Waals surface area contributed by atoms with Crippen LogP contribution < -0.4 is 10.2 Å². The van der Waals surface area contributed by atoms with Crippen LogP contribution in [0.5, 0.6) is 5.75 Å². The molecule has 0 radical (unpaired) electrons. The molecule has 0 fully saturated rings. The lowest BCUT2D eigenvalue weighted by atomic mass is 9.98. The molecule has 1 atom stereocenters. The van der Waals surface area contributed by atoms with Crippen LogP contribution in [0.25, 0.3) is 11.0 Å². The second-order valence-electron chi connectivity index (χ2n) is 9.08. The summed E-state index contributed by atoms with van der Waals surface area (Å²) < 4.78 is 11.9. The summed E-state index contributed by atoms with van der Waals surface area (Å²) in [6.45, 7) is 5.21. The van der Waals surface area contributed by atoms with Crippen molar-refractivity contribution in [3.05, 3.63) is 111 Å². The molecule has 5 heteroatoms. The van der Waals surface area contributed by atoms with E-state index in [-0.39, 0.29) is 17.1 Å². The molecule has 1 unspecified atom stereocenters. The fourth-order valence-corrected chi connectivity index (χ4v) is 4.69. The minimum Gasteiger partial charge on any atom is -0.494 e. The number of aryl methyl sites for hydroxylation is 1. The third-order valence-electron chi connectivity index (χ3n) is 6.57.